The number of carbonyl (C=O) groups excluding carboxylic acids is 1. The average molecular weight is 507 g/mol. The minimum absolute atomic E-state index is 0.198. The number of methoxy groups -OCH3 is 3. The number of ether oxygens (including phenoxy) is 7. The maximum Gasteiger partial charge on any atom is 0.309 e. The lowest BCUT2D eigenvalue weighted by atomic mass is 9.82. The lowest BCUT2D eigenvalue weighted by molar-refractivity contribution is -0.141. The lowest BCUT2D eigenvalue weighted by Gasteiger charge is -2.28. The van der Waals surface area contributed by atoms with Crippen LogP contribution in [0.5, 0.6) is 28.7 Å². The summed E-state index contributed by atoms with van der Waals surface area (Å²) in [5.41, 5.74) is 2.80. The standard InChI is InChI=1S/C29H30O8/c1-31-25-13-20(14-26(32-2)28(25)33-3)27(34-15-18-7-5-4-6-8-18)22-16-35-29(30)21(22)11-19-9-10-23-24(12-19)37-17-36-23/h4-10,12-14,21-22,27H,11,15-17H2,1-3H3/t21-,22+,27+/m1/s1. The second-order valence-corrected chi connectivity index (χ2v) is 8.97. The molecule has 3 aromatic carbocycles. The van der Waals surface area contributed by atoms with Crippen molar-refractivity contribution < 1.29 is 38.0 Å². The fourth-order valence-corrected chi connectivity index (χ4v) is 4.92. The predicted molar refractivity (Wildman–Crippen MR) is 134 cm³/mol. The Morgan fingerprint density at radius 1 is 0.838 bits per heavy atom. The number of hydrogen-bond donors (Lipinski definition) is 0. The molecule has 8 nitrogen and oxygen atoms in total. The van der Waals surface area contributed by atoms with E-state index in [9.17, 15) is 4.79 Å². The molecule has 37 heavy (non-hydrogen) atoms. The first-order valence-electron chi connectivity index (χ1n) is 12.1. The third-order valence-corrected chi connectivity index (χ3v) is 6.81. The molecule has 5 rings (SSSR count). The number of benzene rings is 3. The summed E-state index contributed by atoms with van der Waals surface area (Å²) >= 11 is 0. The topological polar surface area (TPSA) is 81.7 Å². The Hall–Kier alpha value is -3.91. The molecule has 0 aromatic heterocycles. The van der Waals surface area contributed by atoms with Gasteiger partial charge in [-0.25, -0.2) is 0 Å². The van der Waals surface area contributed by atoms with Crippen molar-refractivity contribution in [2.45, 2.75) is 19.1 Å². The molecule has 0 spiro atoms. The van der Waals surface area contributed by atoms with Gasteiger partial charge in [0, 0.05) is 5.92 Å². The van der Waals surface area contributed by atoms with Gasteiger partial charge in [0.25, 0.3) is 0 Å². The van der Waals surface area contributed by atoms with Crippen LogP contribution in [0.4, 0.5) is 0 Å². The average Bonchev–Trinajstić information content (AvgIpc) is 3.55. The molecule has 2 heterocycles. The van der Waals surface area contributed by atoms with Gasteiger partial charge in [-0.05, 0) is 47.4 Å². The molecular weight excluding hydrogens is 476 g/mol. The van der Waals surface area contributed by atoms with Crippen LogP contribution >= 0.6 is 0 Å². The van der Waals surface area contributed by atoms with Crippen molar-refractivity contribution >= 4 is 5.97 Å². The Kier molecular flexibility index (Phi) is 7.37. The third kappa shape index (κ3) is 5.15. The number of fused-ring (bicyclic) bond motifs is 1. The van der Waals surface area contributed by atoms with E-state index in [1.54, 1.807) is 21.3 Å². The molecule has 0 amide bonds. The molecular formula is C29H30O8. The highest BCUT2D eigenvalue weighted by Gasteiger charge is 2.43. The van der Waals surface area contributed by atoms with Gasteiger partial charge >= 0.3 is 5.97 Å². The molecule has 0 N–H and O–H groups in total. The van der Waals surface area contributed by atoms with E-state index in [2.05, 4.69) is 0 Å². The van der Waals surface area contributed by atoms with E-state index >= 15 is 0 Å². The normalized spacial score (nSPS) is 18.8. The van der Waals surface area contributed by atoms with Crippen molar-refractivity contribution in [2.24, 2.45) is 11.8 Å². The van der Waals surface area contributed by atoms with Crippen molar-refractivity contribution in [2.75, 3.05) is 34.7 Å². The predicted octanol–water partition coefficient (Wildman–Crippen LogP) is 4.73. The summed E-state index contributed by atoms with van der Waals surface area (Å²) in [6, 6.07) is 19.4. The lowest BCUT2D eigenvalue weighted by Crippen LogP contribution is -2.26. The van der Waals surface area contributed by atoms with Gasteiger partial charge in [0.05, 0.1) is 46.6 Å². The van der Waals surface area contributed by atoms with Gasteiger partial charge in [-0.3, -0.25) is 4.79 Å². The summed E-state index contributed by atoms with van der Waals surface area (Å²) in [6.45, 7) is 0.803. The van der Waals surface area contributed by atoms with E-state index in [0.717, 1.165) is 16.7 Å². The van der Waals surface area contributed by atoms with Crippen molar-refractivity contribution in [3.8, 4) is 28.7 Å². The molecule has 1 fully saturated rings. The number of rotatable bonds is 10. The molecule has 0 radical (unpaired) electrons. The fraction of sp³-hybridized carbons (Fsp3) is 0.345. The van der Waals surface area contributed by atoms with Crippen molar-refractivity contribution in [3.63, 3.8) is 0 Å². The van der Waals surface area contributed by atoms with Crippen molar-refractivity contribution in [1.29, 1.82) is 0 Å². The van der Waals surface area contributed by atoms with Gasteiger partial charge in [0.1, 0.15) is 0 Å². The van der Waals surface area contributed by atoms with Gasteiger partial charge in [0.15, 0.2) is 23.0 Å². The second-order valence-electron chi connectivity index (χ2n) is 8.97. The van der Waals surface area contributed by atoms with E-state index in [0.29, 0.717) is 41.8 Å². The van der Waals surface area contributed by atoms with E-state index in [-0.39, 0.29) is 25.3 Å². The van der Waals surface area contributed by atoms with Crippen LogP contribution in [0.2, 0.25) is 0 Å². The summed E-state index contributed by atoms with van der Waals surface area (Å²) < 4.78 is 39.8. The highest BCUT2D eigenvalue weighted by Crippen LogP contribution is 2.45. The molecule has 8 heteroatoms. The molecule has 0 unspecified atom stereocenters. The van der Waals surface area contributed by atoms with Gasteiger partial charge in [-0.1, -0.05) is 36.4 Å². The molecule has 1 saturated heterocycles. The van der Waals surface area contributed by atoms with Crippen LogP contribution in [0.25, 0.3) is 0 Å². The molecule has 3 aromatic rings. The first-order valence-corrected chi connectivity index (χ1v) is 12.1. The Balaban J connectivity index is 1.49. The SMILES string of the molecule is COc1cc([C@H](OCc2ccccc2)[C@H]2COC(=O)[C@@H]2Cc2ccc3c(c2)OCO3)cc(OC)c1OC. The largest absolute Gasteiger partial charge is 0.493 e. The van der Waals surface area contributed by atoms with Crippen molar-refractivity contribution in [1.82, 2.24) is 0 Å². The molecule has 0 aliphatic carbocycles. The number of hydrogen-bond acceptors (Lipinski definition) is 8. The first kappa shape index (κ1) is 24.8. The van der Waals surface area contributed by atoms with Gasteiger partial charge < -0.3 is 33.2 Å². The number of cyclic esters (lactones) is 1. The molecule has 2 aliphatic rings. The van der Waals surface area contributed by atoms with E-state index in [4.69, 9.17) is 33.2 Å². The summed E-state index contributed by atoms with van der Waals surface area (Å²) in [7, 11) is 4.71. The highest BCUT2D eigenvalue weighted by molar-refractivity contribution is 5.75. The molecule has 2 aliphatic heterocycles. The van der Waals surface area contributed by atoms with E-state index in [1.807, 2.05) is 60.7 Å². The maximum absolute atomic E-state index is 13.0. The van der Waals surface area contributed by atoms with Crippen LogP contribution < -0.4 is 23.7 Å². The Labute approximate surface area is 216 Å². The summed E-state index contributed by atoms with van der Waals surface area (Å²) in [5.74, 6) is 2.00. The Morgan fingerprint density at radius 3 is 2.27 bits per heavy atom. The summed E-state index contributed by atoms with van der Waals surface area (Å²) in [6.07, 6.45) is 0.00910. The summed E-state index contributed by atoms with van der Waals surface area (Å²) in [5, 5.41) is 0. The first-order chi connectivity index (χ1) is 18.1. The van der Waals surface area contributed by atoms with Crippen molar-refractivity contribution in [3.05, 3.63) is 77.4 Å². The van der Waals surface area contributed by atoms with E-state index < -0.39 is 12.0 Å². The van der Waals surface area contributed by atoms with E-state index in [1.165, 1.54) is 0 Å². The quantitative estimate of drug-likeness (QED) is 0.365. The van der Waals surface area contributed by atoms with Crippen LogP contribution in [0.15, 0.2) is 60.7 Å². The Morgan fingerprint density at radius 2 is 1.57 bits per heavy atom. The zero-order chi connectivity index (χ0) is 25.8. The minimum Gasteiger partial charge on any atom is -0.493 e. The van der Waals surface area contributed by atoms with Gasteiger partial charge in [-0.2, -0.15) is 0 Å². The zero-order valence-electron chi connectivity index (χ0n) is 21.1. The zero-order valence-corrected chi connectivity index (χ0v) is 21.1. The minimum atomic E-state index is -0.473. The molecule has 0 saturated carbocycles. The maximum atomic E-state index is 13.0. The van der Waals surface area contributed by atoms with Crippen LogP contribution in [-0.4, -0.2) is 40.7 Å². The molecule has 3 atom stereocenters. The van der Waals surface area contributed by atoms with Gasteiger partial charge in [-0.15, -0.1) is 0 Å². The fourth-order valence-electron chi connectivity index (χ4n) is 4.92. The smallest absolute Gasteiger partial charge is 0.309 e. The molecule has 0 bridgehead atoms. The summed E-state index contributed by atoms with van der Waals surface area (Å²) in [4.78, 5) is 13.0. The van der Waals surface area contributed by atoms with Crippen LogP contribution in [-0.2, 0) is 27.3 Å². The molecule has 194 valence electrons. The second kappa shape index (κ2) is 11.0. The van der Waals surface area contributed by atoms with Crippen LogP contribution in [0, 0.1) is 11.8 Å². The Bertz CT molecular complexity index is 1220. The number of esters is 1. The monoisotopic (exact) mass is 506 g/mol. The van der Waals surface area contributed by atoms with Crippen LogP contribution in [0.1, 0.15) is 22.8 Å². The van der Waals surface area contributed by atoms with Crippen LogP contribution in [0.3, 0.4) is 0 Å². The van der Waals surface area contributed by atoms with Gasteiger partial charge in [0.2, 0.25) is 12.5 Å². The third-order valence-electron chi connectivity index (χ3n) is 6.81. The highest BCUT2D eigenvalue weighted by atomic mass is 16.7. The number of carbonyl (C=O) groups is 1.